The highest BCUT2D eigenvalue weighted by atomic mass is 32.1. The average Bonchev–Trinajstić information content (AvgIpc) is 2.98. The maximum atomic E-state index is 12.5. The molecule has 1 aromatic heterocycles. The van der Waals surface area contributed by atoms with Crippen LogP contribution in [0, 0.1) is 17.0 Å². The lowest BCUT2D eigenvalue weighted by atomic mass is 10.2. The van der Waals surface area contributed by atoms with Crippen LogP contribution in [0.3, 0.4) is 0 Å². The number of ether oxygens (including phenoxy) is 1. The molecule has 1 unspecified atom stereocenters. The number of likely N-dealkylation sites (N-methyl/N-ethyl adjacent to an activating group) is 1. The summed E-state index contributed by atoms with van der Waals surface area (Å²) in [6.07, 6.45) is 1.79. The van der Waals surface area contributed by atoms with Gasteiger partial charge in [-0.2, -0.15) is 0 Å². The molecular weight excluding hydrogens is 344 g/mol. The number of anilines is 1. The summed E-state index contributed by atoms with van der Waals surface area (Å²) in [4.78, 5) is 30.2. The van der Waals surface area contributed by atoms with Gasteiger partial charge in [-0.3, -0.25) is 19.8 Å². The zero-order chi connectivity index (χ0) is 18.6. The number of hydrogen-bond donors (Lipinski definition) is 1. The van der Waals surface area contributed by atoms with E-state index in [0.29, 0.717) is 12.3 Å². The van der Waals surface area contributed by atoms with Crippen LogP contribution in [0.25, 0.3) is 0 Å². The smallest absolute Gasteiger partial charge is 0.296 e. The standard InChI is InChI=1S/C16H20N4O4S/c1-10(19(3)9-13-8-17-11(2)25-13)16(21)18-14-6-5-12(24-4)7-15(14)20(22)23/h5-8,10H,9H2,1-4H3,(H,18,21). The average molecular weight is 364 g/mol. The second-order valence-electron chi connectivity index (χ2n) is 5.57. The van der Waals surface area contributed by atoms with Gasteiger partial charge in [-0.15, -0.1) is 11.3 Å². The lowest BCUT2D eigenvalue weighted by Gasteiger charge is -2.23. The predicted octanol–water partition coefficient (Wildman–Crippen LogP) is 2.83. The number of thiazole rings is 1. The van der Waals surface area contributed by atoms with E-state index in [1.54, 1.807) is 30.5 Å². The summed E-state index contributed by atoms with van der Waals surface area (Å²) in [6, 6.07) is 3.85. The van der Waals surface area contributed by atoms with E-state index in [4.69, 9.17) is 4.74 Å². The number of methoxy groups -OCH3 is 1. The van der Waals surface area contributed by atoms with Crippen LogP contribution in [0.4, 0.5) is 11.4 Å². The number of aromatic nitrogens is 1. The minimum atomic E-state index is -0.549. The van der Waals surface area contributed by atoms with Gasteiger partial charge in [0.05, 0.1) is 29.1 Å². The SMILES string of the molecule is COc1ccc(NC(=O)C(C)N(C)Cc2cnc(C)s2)c([N+](=O)[O-])c1. The van der Waals surface area contributed by atoms with Gasteiger partial charge < -0.3 is 10.1 Å². The molecule has 1 aromatic carbocycles. The van der Waals surface area contributed by atoms with E-state index < -0.39 is 11.0 Å². The van der Waals surface area contributed by atoms with E-state index in [9.17, 15) is 14.9 Å². The fourth-order valence-electron chi connectivity index (χ4n) is 2.19. The van der Waals surface area contributed by atoms with Gasteiger partial charge in [0.25, 0.3) is 5.69 Å². The van der Waals surface area contributed by atoms with Crippen LogP contribution in [0.2, 0.25) is 0 Å². The van der Waals surface area contributed by atoms with Crippen LogP contribution < -0.4 is 10.1 Å². The summed E-state index contributed by atoms with van der Waals surface area (Å²) in [5.41, 5.74) is -0.0645. The van der Waals surface area contributed by atoms with Crippen molar-refractivity contribution in [2.45, 2.75) is 26.4 Å². The third-order valence-corrected chi connectivity index (χ3v) is 4.67. The number of carbonyl (C=O) groups excluding carboxylic acids is 1. The van der Waals surface area contributed by atoms with Crippen LogP contribution in [0.5, 0.6) is 5.75 Å². The molecule has 0 aliphatic heterocycles. The first-order chi connectivity index (χ1) is 11.8. The Kier molecular flexibility index (Phi) is 6.05. The second kappa shape index (κ2) is 8.04. The molecule has 0 aliphatic rings. The number of carbonyl (C=O) groups is 1. The number of nitrogens with one attached hydrogen (secondary N) is 1. The van der Waals surface area contributed by atoms with Gasteiger partial charge in [-0.25, -0.2) is 4.98 Å². The number of nitro groups is 1. The Morgan fingerprint density at radius 3 is 2.80 bits per heavy atom. The summed E-state index contributed by atoms with van der Waals surface area (Å²) < 4.78 is 4.99. The summed E-state index contributed by atoms with van der Waals surface area (Å²) in [5.74, 6) is 0.0347. The topological polar surface area (TPSA) is 97.6 Å². The molecular formula is C16H20N4O4S. The molecule has 134 valence electrons. The highest BCUT2D eigenvalue weighted by Crippen LogP contribution is 2.29. The monoisotopic (exact) mass is 364 g/mol. The first-order valence-electron chi connectivity index (χ1n) is 7.56. The third-order valence-electron chi connectivity index (χ3n) is 3.77. The maximum absolute atomic E-state index is 12.5. The molecule has 0 radical (unpaired) electrons. The van der Waals surface area contributed by atoms with Crippen molar-refractivity contribution in [1.82, 2.24) is 9.88 Å². The molecule has 1 atom stereocenters. The number of amides is 1. The molecule has 1 heterocycles. The Labute approximate surface area is 149 Å². The molecule has 9 heteroatoms. The molecule has 25 heavy (non-hydrogen) atoms. The Bertz CT molecular complexity index is 777. The quantitative estimate of drug-likeness (QED) is 0.599. The van der Waals surface area contributed by atoms with Crippen LogP contribution >= 0.6 is 11.3 Å². The second-order valence-corrected chi connectivity index (χ2v) is 6.89. The Morgan fingerprint density at radius 1 is 1.52 bits per heavy atom. The fraction of sp³-hybridized carbons (Fsp3) is 0.375. The van der Waals surface area contributed by atoms with Crippen LogP contribution in [0.15, 0.2) is 24.4 Å². The van der Waals surface area contributed by atoms with E-state index in [2.05, 4.69) is 10.3 Å². The van der Waals surface area contributed by atoms with Gasteiger partial charge in [0.1, 0.15) is 11.4 Å². The van der Waals surface area contributed by atoms with Crippen molar-refractivity contribution in [3.63, 3.8) is 0 Å². The van der Waals surface area contributed by atoms with E-state index in [-0.39, 0.29) is 17.3 Å². The minimum Gasteiger partial charge on any atom is -0.496 e. The number of rotatable bonds is 7. The highest BCUT2D eigenvalue weighted by molar-refractivity contribution is 7.11. The summed E-state index contributed by atoms with van der Waals surface area (Å²) in [6.45, 7) is 4.25. The number of nitro benzene ring substituents is 1. The lowest BCUT2D eigenvalue weighted by molar-refractivity contribution is -0.384. The molecule has 0 spiro atoms. The zero-order valence-electron chi connectivity index (χ0n) is 14.5. The fourth-order valence-corrected chi connectivity index (χ4v) is 3.05. The Morgan fingerprint density at radius 2 is 2.24 bits per heavy atom. The van der Waals surface area contributed by atoms with Crippen molar-refractivity contribution in [2.75, 3.05) is 19.5 Å². The number of hydrogen-bond acceptors (Lipinski definition) is 7. The normalized spacial score (nSPS) is 12.0. The lowest BCUT2D eigenvalue weighted by Crippen LogP contribution is -2.39. The largest absolute Gasteiger partial charge is 0.496 e. The summed E-state index contributed by atoms with van der Waals surface area (Å²) >= 11 is 1.57. The first-order valence-corrected chi connectivity index (χ1v) is 8.38. The van der Waals surface area contributed by atoms with Gasteiger partial charge in [0.15, 0.2) is 0 Å². The minimum absolute atomic E-state index is 0.143. The summed E-state index contributed by atoms with van der Waals surface area (Å²) in [5, 5.41) is 14.8. The highest BCUT2D eigenvalue weighted by Gasteiger charge is 2.23. The van der Waals surface area contributed by atoms with Gasteiger partial charge in [0.2, 0.25) is 5.91 Å². The summed E-state index contributed by atoms with van der Waals surface area (Å²) in [7, 11) is 3.25. The molecule has 0 bridgehead atoms. The van der Waals surface area contributed by atoms with E-state index >= 15 is 0 Å². The molecule has 1 amide bonds. The van der Waals surface area contributed by atoms with Crippen molar-refractivity contribution >= 4 is 28.6 Å². The van der Waals surface area contributed by atoms with Crippen molar-refractivity contribution in [3.05, 3.63) is 44.4 Å². The molecule has 0 aliphatic carbocycles. The van der Waals surface area contributed by atoms with E-state index in [1.165, 1.54) is 19.2 Å². The van der Waals surface area contributed by atoms with Crippen LogP contribution in [-0.4, -0.2) is 40.9 Å². The molecule has 0 fully saturated rings. The van der Waals surface area contributed by atoms with Gasteiger partial charge in [-0.05, 0) is 33.0 Å². The number of benzene rings is 1. The van der Waals surface area contributed by atoms with Gasteiger partial charge in [0, 0.05) is 17.6 Å². The molecule has 8 nitrogen and oxygen atoms in total. The predicted molar refractivity (Wildman–Crippen MR) is 96.1 cm³/mol. The van der Waals surface area contributed by atoms with Crippen molar-refractivity contribution in [3.8, 4) is 5.75 Å². The molecule has 2 aromatic rings. The van der Waals surface area contributed by atoms with Crippen molar-refractivity contribution in [2.24, 2.45) is 0 Å². The molecule has 0 saturated carbocycles. The van der Waals surface area contributed by atoms with E-state index in [0.717, 1.165) is 9.88 Å². The van der Waals surface area contributed by atoms with Crippen molar-refractivity contribution in [1.29, 1.82) is 0 Å². The van der Waals surface area contributed by atoms with Crippen LogP contribution in [-0.2, 0) is 11.3 Å². The zero-order valence-corrected chi connectivity index (χ0v) is 15.3. The Hall–Kier alpha value is -2.52. The van der Waals surface area contributed by atoms with Crippen LogP contribution in [0.1, 0.15) is 16.8 Å². The number of nitrogens with zero attached hydrogens (tertiary/aromatic N) is 3. The van der Waals surface area contributed by atoms with Gasteiger partial charge in [-0.1, -0.05) is 0 Å². The molecule has 1 N–H and O–H groups in total. The number of aryl methyl sites for hydroxylation is 1. The van der Waals surface area contributed by atoms with Crippen molar-refractivity contribution < 1.29 is 14.5 Å². The van der Waals surface area contributed by atoms with Gasteiger partial charge >= 0.3 is 0 Å². The Balaban J connectivity index is 2.09. The van der Waals surface area contributed by atoms with E-state index in [1.807, 2.05) is 18.9 Å². The third kappa shape index (κ3) is 4.74. The maximum Gasteiger partial charge on any atom is 0.296 e. The molecule has 2 rings (SSSR count). The first kappa shape index (κ1) is 18.8. The molecule has 0 saturated heterocycles.